The summed E-state index contributed by atoms with van der Waals surface area (Å²) in [5, 5.41) is 29.0. The average Bonchev–Trinajstić information content (AvgIpc) is 2.69. The minimum atomic E-state index is -1.19. The number of aliphatic carboxylic acids is 3. The smallest absolute Gasteiger partial charge is 0.309 e. The van der Waals surface area contributed by atoms with E-state index in [0.29, 0.717) is 6.54 Å². The molecular weight excluding hydrogens is 386 g/mol. The van der Waals surface area contributed by atoms with Gasteiger partial charge in [0, 0.05) is 12.4 Å². The fraction of sp³-hybridized carbons (Fsp3) is 0.783. The molecule has 0 aliphatic rings. The lowest BCUT2D eigenvalue weighted by molar-refractivity contribution is -0.927. The highest BCUT2D eigenvalue weighted by atomic mass is 16.4. The van der Waals surface area contributed by atoms with Crippen LogP contribution in [0.25, 0.3) is 0 Å². The monoisotopic (exact) mass is 427 g/mol. The summed E-state index contributed by atoms with van der Waals surface area (Å²) in [4.78, 5) is 33.0. The molecule has 7 heteroatoms. The number of nitrogens with zero attached hydrogens (tertiary/aromatic N) is 1. The topological polar surface area (TPSA) is 115 Å². The molecule has 0 aliphatic carbocycles. The van der Waals surface area contributed by atoms with Crippen molar-refractivity contribution in [2.24, 2.45) is 0 Å². The molecule has 30 heavy (non-hydrogen) atoms. The second kappa shape index (κ2) is 17.9. The first-order chi connectivity index (χ1) is 14.3. The normalized spacial score (nSPS) is 11.8. The summed E-state index contributed by atoms with van der Waals surface area (Å²) in [6.45, 7) is 3.38. The lowest BCUT2D eigenvalue weighted by Gasteiger charge is -2.38. The third-order valence-corrected chi connectivity index (χ3v) is 5.63. The van der Waals surface area contributed by atoms with E-state index in [1.54, 1.807) is 0 Å². The highest BCUT2D eigenvalue weighted by Crippen LogP contribution is 2.17. The molecule has 0 heterocycles. The Labute approximate surface area is 181 Å². The Hall–Kier alpha value is -1.89. The van der Waals surface area contributed by atoms with Crippen LogP contribution in [0.3, 0.4) is 0 Å². The molecule has 0 spiro atoms. The molecule has 0 aliphatic heterocycles. The standard InChI is InChI=1S/C23H41NO6/c1-2-3-4-5-6-7-8-9-10-11-12-13-17-24(18-14-21(25)26,19-15-22(27)28)20-16-23(29)30/h2-3H,4-20H2,1H3,(H2-,25,26,27,28,29,30)/b3-2+. The van der Waals surface area contributed by atoms with Gasteiger partial charge in [0.15, 0.2) is 0 Å². The third kappa shape index (κ3) is 17.0. The van der Waals surface area contributed by atoms with Crippen LogP contribution in [-0.2, 0) is 14.4 Å². The molecule has 7 nitrogen and oxygen atoms in total. The lowest BCUT2D eigenvalue weighted by Crippen LogP contribution is -2.53. The summed E-state index contributed by atoms with van der Waals surface area (Å²) in [5.74, 6) is -3.09. The minimum Gasteiger partial charge on any atom is -0.550 e. The maximum Gasteiger partial charge on any atom is 0.309 e. The van der Waals surface area contributed by atoms with Crippen molar-refractivity contribution in [2.75, 3.05) is 26.2 Å². The average molecular weight is 428 g/mol. The lowest BCUT2D eigenvalue weighted by atomic mass is 10.1. The molecule has 0 aromatic rings. The summed E-state index contributed by atoms with van der Waals surface area (Å²) >= 11 is 0. The number of hydrogen-bond donors (Lipinski definition) is 2. The van der Waals surface area contributed by atoms with E-state index in [4.69, 9.17) is 10.2 Å². The van der Waals surface area contributed by atoms with Crippen LogP contribution in [0.5, 0.6) is 0 Å². The SMILES string of the molecule is C/C=C/CCCCCCCCCCC[N+](CCC(=O)[O-])(CCC(=O)O)CCC(=O)O. The van der Waals surface area contributed by atoms with E-state index in [0.717, 1.165) is 32.1 Å². The Bertz CT molecular complexity index is 472. The van der Waals surface area contributed by atoms with Gasteiger partial charge in [-0.2, -0.15) is 0 Å². The molecule has 174 valence electrons. The van der Waals surface area contributed by atoms with Gasteiger partial charge in [0.2, 0.25) is 0 Å². The first kappa shape index (κ1) is 28.1. The summed E-state index contributed by atoms with van der Waals surface area (Å²) in [7, 11) is 0. The zero-order valence-electron chi connectivity index (χ0n) is 18.7. The van der Waals surface area contributed by atoms with Crippen molar-refractivity contribution < 1.29 is 34.2 Å². The van der Waals surface area contributed by atoms with Crippen molar-refractivity contribution in [1.29, 1.82) is 0 Å². The van der Waals surface area contributed by atoms with Crippen molar-refractivity contribution >= 4 is 17.9 Å². The van der Waals surface area contributed by atoms with Gasteiger partial charge in [-0.1, -0.05) is 50.7 Å². The fourth-order valence-electron chi connectivity index (χ4n) is 3.78. The first-order valence-electron chi connectivity index (χ1n) is 11.4. The van der Waals surface area contributed by atoms with E-state index >= 15 is 0 Å². The van der Waals surface area contributed by atoms with Gasteiger partial charge in [0.05, 0.1) is 39.0 Å². The van der Waals surface area contributed by atoms with Crippen LogP contribution in [-0.4, -0.2) is 58.8 Å². The molecule has 0 radical (unpaired) electrons. The van der Waals surface area contributed by atoms with Gasteiger partial charge in [-0.3, -0.25) is 9.59 Å². The van der Waals surface area contributed by atoms with Gasteiger partial charge in [-0.25, -0.2) is 0 Å². The number of quaternary nitrogens is 1. The summed E-state index contributed by atoms with van der Waals surface area (Å²) < 4.78 is 0.221. The Morgan fingerprint density at radius 2 is 1.13 bits per heavy atom. The summed E-state index contributed by atoms with van der Waals surface area (Å²) in [6, 6.07) is 0. The molecule has 0 fully saturated rings. The van der Waals surface area contributed by atoms with E-state index in [1.165, 1.54) is 32.1 Å². The Morgan fingerprint density at radius 1 is 0.700 bits per heavy atom. The zero-order valence-corrected chi connectivity index (χ0v) is 18.7. The molecule has 0 unspecified atom stereocenters. The maximum absolute atomic E-state index is 11.0. The molecule has 0 bridgehead atoms. The number of rotatable bonds is 21. The van der Waals surface area contributed by atoms with Crippen molar-refractivity contribution in [1.82, 2.24) is 0 Å². The third-order valence-electron chi connectivity index (χ3n) is 5.63. The summed E-state index contributed by atoms with van der Waals surface area (Å²) in [6.07, 6.45) is 15.4. The van der Waals surface area contributed by atoms with Crippen LogP contribution in [0.1, 0.15) is 90.4 Å². The number of unbranched alkanes of at least 4 members (excludes halogenated alkanes) is 9. The van der Waals surface area contributed by atoms with Gasteiger partial charge in [-0.05, 0) is 32.6 Å². The number of allylic oxidation sites excluding steroid dienone is 2. The maximum atomic E-state index is 11.0. The minimum absolute atomic E-state index is 0.0965. The van der Waals surface area contributed by atoms with Gasteiger partial charge in [-0.15, -0.1) is 0 Å². The second-order valence-electron chi connectivity index (χ2n) is 8.19. The van der Waals surface area contributed by atoms with Crippen LogP contribution in [0, 0.1) is 0 Å². The number of carboxylic acid groups (broad SMARTS) is 3. The predicted molar refractivity (Wildman–Crippen MR) is 115 cm³/mol. The van der Waals surface area contributed by atoms with Crippen molar-refractivity contribution in [3.63, 3.8) is 0 Å². The van der Waals surface area contributed by atoms with Crippen molar-refractivity contribution in [2.45, 2.75) is 90.4 Å². The van der Waals surface area contributed by atoms with Crippen molar-refractivity contribution in [3.05, 3.63) is 12.2 Å². The van der Waals surface area contributed by atoms with E-state index in [1.807, 2.05) is 6.92 Å². The van der Waals surface area contributed by atoms with E-state index in [2.05, 4.69) is 12.2 Å². The van der Waals surface area contributed by atoms with Crippen LogP contribution >= 0.6 is 0 Å². The number of hydrogen-bond acceptors (Lipinski definition) is 4. The highest BCUT2D eigenvalue weighted by Gasteiger charge is 2.28. The molecule has 0 saturated carbocycles. The molecule has 0 atom stereocenters. The number of carboxylic acids is 3. The molecular formula is C23H41NO6. The Morgan fingerprint density at radius 3 is 1.57 bits per heavy atom. The largest absolute Gasteiger partial charge is 0.550 e. The highest BCUT2D eigenvalue weighted by molar-refractivity contribution is 5.67. The number of carbonyl (C=O) groups is 3. The quantitative estimate of drug-likeness (QED) is 0.165. The van der Waals surface area contributed by atoms with Gasteiger partial charge in [0.25, 0.3) is 0 Å². The van der Waals surface area contributed by atoms with E-state index in [9.17, 15) is 19.5 Å². The van der Waals surface area contributed by atoms with E-state index < -0.39 is 17.9 Å². The Balaban J connectivity index is 4.31. The fourth-order valence-corrected chi connectivity index (χ4v) is 3.78. The summed E-state index contributed by atoms with van der Waals surface area (Å²) in [5.41, 5.74) is 0. The van der Waals surface area contributed by atoms with Crippen molar-refractivity contribution in [3.8, 4) is 0 Å². The van der Waals surface area contributed by atoms with Crippen LogP contribution in [0.2, 0.25) is 0 Å². The molecule has 0 aromatic heterocycles. The van der Waals surface area contributed by atoms with Crippen LogP contribution in [0.4, 0.5) is 0 Å². The van der Waals surface area contributed by atoms with Gasteiger partial charge < -0.3 is 24.6 Å². The van der Waals surface area contributed by atoms with E-state index in [-0.39, 0.29) is 43.4 Å². The molecule has 2 N–H and O–H groups in total. The van der Waals surface area contributed by atoms with Crippen LogP contribution in [0.15, 0.2) is 12.2 Å². The van der Waals surface area contributed by atoms with Gasteiger partial charge >= 0.3 is 11.9 Å². The predicted octanol–water partition coefficient (Wildman–Crippen LogP) is 3.37. The zero-order chi connectivity index (χ0) is 22.7. The van der Waals surface area contributed by atoms with Crippen LogP contribution < -0.4 is 5.11 Å². The first-order valence-corrected chi connectivity index (χ1v) is 11.4. The Kier molecular flexibility index (Phi) is 16.8. The molecule has 0 aromatic carbocycles. The second-order valence-corrected chi connectivity index (χ2v) is 8.19. The molecule has 0 amide bonds. The van der Waals surface area contributed by atoms with Gasteiger partial charge in [0.1, 0.15) is 0 Å². The molecule has 0 saturated heterocycles. The number of carbonyl (C=O) groups excluding carboxylic acids is 1. The molecule has 0 rings (SSSR count).